The Morgan fingerprint density at radius 2 is 1.72 bits per heavy atom. The normalized spacial score (nSPS) is 11.0. The third-order valence-electron chi connectivity index (χ3n) is 3.96. The Morgan fingerprint density at radius 1 is 1.00 bits per heavy atom. The predicted octanol–water partition coefficient (Wildman–Crippen LogP) is 4.06. The van der Waals surface area contributed by atoms with Gasteiger partial charge in [-0.1, -0.05) is 18.2 Å². The van der Waals surface area contributed by atoms with Gasteiger partial charge in [0.1, 0.15) is 0 Å². The molecule has 0 radical (unpaired) electrons. The second-order valence-corrected chi connectivity index (χ2v) is 6.87. The molecule has 3 aromatic rings. The lowest BCUT2D eigenvalue weighted by atomic mass is 10.1. The van der Waals surface area contributed by atoms with Crippen molar-refractivity contribution in [1.29, 1.82) is 0 Å². The van der Waals surface area contributed by atoms with Crippen LogP contribution in [-0.4, -0.2) is 22.4 Å². The summed E-state index contributed by atoms with van der Waals surface area (Å²) in [5.41, 5.74) is 3.82. The first-order valence-corrected chi connectivity index (χ1v) is 9.37. The lowest BCUT2D eigenvalue weighted by Crippen LogP contribution is -2.22. The molecule has 29 heavy (non-hydrogen) atoms. The maximum Gasteiger partial charge on any atom is 0.273 e. The number of para-hydroxylation sites is 1. The van der Waals surface area contributed by atoms with Crippen LogP contribution in [0.5, 0.6) is 0 Å². The van der Waals surface area contributed by atoms with E-state index in [1.54, 1.807) is 31.2 Å². The number of non-ortho nitro benzene ring substituents is 1. The van der Waals surface area contributed by atoms with Crippen molar-refractivity contribution in [3.8, 4) is 0 Å². The summed E-state index contributed by atoms with van der Waals surface area (Å²) < 4.78 is 0. The summed E-state index contributed by atoms with van der Waals surface area (Å²) in [6, 6.07) is 15.5. The highest BCUT2D eigenvalue weighted by Crippen LogP contribution is 2.18. The Bertz CT molecular complexity index is 1080. The Balaban J connectivity index is 1.74. The van der Waals surface area contributed by atoms with Gasteiger partial charge in [0.15, 0.2) is 0 Å². The predicted molar refractivity (Wildman–Crippen MR) is 111 cm³/mol. The summed E-state index contributed by atoms with van der Waals surface area (Å²) in [7, 11) is 0. The molecular weight excluding hydrogens is 392 g/mol. The minimum atomic E-state index is -0.542. The quantitative estimate of drug-likeness (QED) is 0.364. The third-order valence-corrected chi connectivity index (χ3v) is 4.94. The SMILES string of the molecule is CC(=NNC(=O)c1ccccc1NC(=O)c1ccc([N+](=O)[O-])cc1)c1cccs1. The number of carbonyl (C=O) groups is 2. The molecule has 0 aliphatic rings. The largest absolute Gasteiger partial charge is 0.321 e. The zero-order valence-corrected chi connectivity index (χ0v) is 16.1. The van der Waals surface area contributed by atoms with Crippen LogP contribution in [0.2, 0.25) is 0 Å². The second kappa shape index (κ2) is 8.89. The molecule has 0 atom stereocenters. The fourth-order valence-corrected chi connectivity index (χ4v) is 3.13. The monoisotopic (exact) mass is 408 g/mol. The highest BCUT2D eigenvalue weighted by molar-refractivity contribution is 7.12. The molecule has 0 spiro atoms. The molecule has 0 saturated heterocycles. The van der Waals surface area contributed by atoms with Gasteiger partial charge in [-0.2, -0.15) is 5.10 Å². The smallest absolute Gasteiger partial charge is 0.273 e. The molecule has 1 aromatic heterocycles. The molecule has 0 bridgehead atoms. The van der Waals surface area contributed by atoms with Crippen molar-refractivity contribution >= 4 is 40.2 Å². The number of amides is 2. The van der Waals surface area contributed by atoms with Gasteiger partial charge in [-0.15, -0.1) is 11.3 Å². The minimum Gasteiger partial charge on any atom is -0.321 e. The number of anilines is 1. The maximum absolute atomic E-state index is 12.5. The Labute approximate surface area is 170 Å². The van der Waals surface area contributed by atoms with Gasteiger partial charge >= 0.3 is 0 Å². The van der Waals surface area contributed by atoms with E-state index < -0.39 is 16.7 Å². The number of hydrogen-bond acceptors (Lipinski definition) is 6. The van der Waals surface area contributed by atoms with Crippen LogP contribution in [0.3, 0.4) is 0 Å². The van der Waals surface area contributed by atoms with Gasteiger partial charge in [0.05, 0.1) is 21.9 Å². The van der Waals surface area contributed by atoms with Crippen LogP contribution in [0.25, 0.3) is 0 Å². The van der Waals surface area contributed by atoms with E-state index in [1.807, 2.05) is 17.5 Å². The number of rotatable bonds is 6. The summed E-state index contributed by atoms with van der Waals surface area (Å²) in [4.78, 5) is 36.1. The number of benzene rings is 2. The average molecular weight is 408 g/mol. The summed E-state index contributed by atoms with van der Waals surface area (Å²) in [6.45, 7) is 1.79. The van der Waals surface area contributed by atoms with Gasteiger partial charge in [-0.05, 0) is 42.6 Å². The summed E-state index contributed by atoms with van der Waals surface area (Å²) in [5, 5.41) is 19.4. The first-order valence-electron chi connectivity index (χ1n) is 8.49. The van der Waals surface area contributed by atoms with Crippen molar-refractivity contribution in [1.82, 2.24) is 5.43 Å². The number of thiophene rings is 1. The van der Waals surface area contributed by atoms with Crippen LogP contribution in [0.1, 0.15) is 32.5 Å². The topological polar surface area (TPSA) is 114 Å². The molecule has 2 aromatic carbocycles. The number of carbonyl (C=O) groups excluding carboxylic acids is 2. The molecule has 3 rings (SSSR count). The van der Waals surface area contributed by atoms with Crippen molar-refractivity contribution in [2.24, 2.45) is 5.10 Å². The highest BCUT2D eigenvalue weighted by atomic mass is 32.1. The van der Waals surface area contributed by atoms with Gasteiger partial charge in [-0.3, -0.25) is 19.7 Å². The van der Waals surface area contributed by atoms with E-state index >= 15 is 0 Å². The molecule has 1 heterocycles. The Morgan fingerprint density at radius 3 is 2.38 bits per heavy atom. The van der Waals surface area contributed by atoms with Gasteiger partial charge < -0.3 is 5.32 Å². The third kappa shape index (κ3) is 4.90. The highest BCUT2D eigenvalue weighted by Gasteiger charge is 2.15. The number of nitrogens with one attached hydrogen (secondary N) is 2. The van der Waals surface area contributed by atoms with Crippen LogP contribution >= 0.6 is 11.3 Å². The van der Waals surface area contributed by atoms with E-state index in [0.717, 1.165) is 4.88 Å². The van der Waals surface area contributed by atoms with Crippen LogP contribution in [0.15, 0.2) is 71.1 Å². The number of nitrogens with zero attached hydrogens (tertiary/aromatic N) is 2. The number of hydrogen-bond donors (Lipinski definition) is 2. The fourth-order valence-electron chi connectivity index (χ4n) is 2.45. The molecule has 2 N–H and O–H groups in total. The molecular formula is C20H16N4O4S. The molecule has 9 heteroatoms. The van der Waals surface area contributed by atoms with Gasteiger partial charge in [0, 0.05) is 22.6 Å². The first-order chi connectivity index (χ1) is 14.0. The number of nitro groups is 1. The minimum absolute atomic E-state index is 0.111. The van der Waals surface area contributed by atoms with Crippen LogP contribution in [0, 0.1) is 10.1 Å². The average Bonchev–Trinajstić information content (AvgIpc) is 3.27. The molecule has 0 fully saturated rings. The standard InChI is InChI=1S/C20H16N4O4S/c1-13(18-7-4-12-29-18)22-23-20(26)16-5-2-3-6-17(16)21-19(25)14-8-10-15(11-9-14)24(27)28/h2-12H,1H3,(H,21,25)(H,23,26). The summed E-state index contributed by atoms with van der Waals surface area (Å²) >= 11 is 1.51. The number of nitro benzene ring substituents is 1. The Hall–Kier alpha value is -3.85. The maximum atomic E-state index is 12.5. The molecule has 0 aliphatic heterocycles. The van der Waals surface area contributed by atoms with Crippen LogP contribution in [0.4, 0.5) is 11.4 Å². The lowest BCUT2D eigenvalue weighted by Gasteiger charge is -2.10. The molecule has 0 aliphatic carbocycles. The van der Waals surface area contributed by atoms with E-state index in [9.17, 15) is 19.7 Å². The molecule has 0 saturated carbocycles. The van der Waals surface area contributed by atoms with Gasteiger partial charge in [0.2, 0.25) is 0 Å². The fraction of sp³-hybridized carbons (Fsp3) is 0.0500. The van der Waals surface area contributed by atoms with Crippen molar-refractivity contribution in [3.05, 3.63) is 92.2 Å². The van der Waals surface area contributed by atoms with Gasteiger partial charge in [-0.25, -0.2) is 5.43 Å². The van der Waals surface area contributed by atoms with Crippen molar-refractivity contribution in [3.63, 3.8) is 0 Å². The van der Waals surface area contributed by atoms with E-state index in [2.05, 4.69) is 15.8 Å². The van der Waals surface area contributed by atoms with E-state index in [1.165, 1.54) is 35.6 Å². The van der Waals surface area contributed by atoms with Crippen LogP contribution in [-0.2, 0) is 0 Å². The molecule has 8 nitrogen and oxygen atoms in total. The zero-order valence-electron chi connectivity index (χ0n) is 15.3. The van der Waals surface area contributed by atoms with E-state index in [-0.39, 0.29) is 16.8 Å². The summed E-state index contributed by atoms with van der Waals surface area (Å²) in [5.74, 6) is -0.959. The molecule has 146 valence electrons. The van der Waals surface area contributed by atoms with Crippen molar-refractivity contribution in [2.75, 3.05) is 5.32 Å². The van der Waals surface area contributed by atoms with Crippen molar-refractivity contribution in [2.45, 2.75) is 6.92 Å². The van der Waals surface area contributed by atoms with Crippen LogP contribution < -0.4 is 10.7 Å². The first kappa shape index (κ1) is 19.9. The lowest BCUT2D eigenvalue weighted by molar-refractivity contribution is -0.384. The Kier molecular flexibility index (Phi) is 6.10. The van der Waals surface area contributed by atoms with E-state index in [4.69, 9.17) is 0 Å². The number of hydrazone groups is 1. The van der Waals surface area contributed by atoms with E-state index in [0.29, 0.717) is 11.4 Å². The molecule has 0 unspecified atom stereocenters. The molecule has 2 amide bonds. The summed E-state index contributed by atoms with van der Waals surface area (Å²) in [6.07, 6.45) is 0. The second-order valence-electron chi connectivity index (χ2n) is 5.92. The van der Waals surface area contributed by atoms with Crippen molar-refractivity contribution < 1.29 is 14.5 Å². The zero-order chi connectivity index (χ0) is 20.8. The van der Waals surface area contributed by atoms with Gasteiger partial charge in [0.25, 0.3) is 17.5 Å².